The number of hydrogen-bond donors (Lipinski definition) is 3. The predicted molar refractivity (Wildman–Crippen MR) is 140 cm³/mol. The molecule has 0 aliphatic heterocycles. The van der Waals surface area contributed by atoms with Gasteiger partial charge in [0.1, 0.15) is 11.8 Å². The number of carbonyl (C=O) groups excluding carboxylic acids is 1. The van der Waals surface area contributed by atoms with Crippen molar-refractivity contribution in [1.82, 2.24) is 10.0 Å². The van der Waals surface area contributed by atoms with Crippen molar-refractivity contribution in [3.05, 3.63) is 95.0 Å². The number of aryl methyl sites for hydroxylation is 1. The number of carbonyl (C=O) groups is 2. The Labute approximate surface area is 215 Å². The zero-order valence-electron chi connectivity index (χ0n) is 19.3. The SMILES string of the molecule is O=C(O)COc1ccc(C[C@H](NSc2ccccc2)C(=O)NCCCCc2ccccc2)cc1Cl. The zero-order chi connectivity index (χ0) is 24.9. The van der Waals surface area contributed by atoms with Crippen LogP contribution in [-0.4, -0.2) is 36.2 Å². The van der Waals surface area contributed by atoms with Crippen LogP contribution in [0.4, 0.5) is 0 Å². The third-order valence-electron chi connectivity index (χ3n) is 5.20. The summed E-state index contributed by atoms with van der Waals surface area (Å²) < 4.78 is 8.47. The van der Waals surface area contributed by atoms with Crippen molar-refractivity contribution in [2.75, 3.05) is 13.2 Å². The molecule has 1 amide bonds. The minimum Gasteiger partial charge on any atom is -0.480 e. The number of unbranched alkanes of at least 4 members (excludes halogenated alkanes) is 1. The van der Waals surface area contributed by atoms with Gasteiger partial charge in [0.2, 0.25) is 5.91 Å². The molecule has 0 spiro atoms. The molecule has 0 fully saturated rings. The van der Waals surface area contributed by atoms with E-state index in [-0.39, 0.29) is 5.91 Å². The number of halogens is 1. The van der Waals surface area contributed by atoms with Gasteiger partial charge in [-0.1, -0.05) is 66.2 Å². The Kier molecular flexibility index (Phi) is 11.0. The van der Waals surface area contributed by atoms with Gasteiger partial charge in [-0.15, -0.1) is 0 Å². The lowest BCUT2D eigenvalue weighted by molar-refractivity contribution is -0.139. The molecule has 0 aliphatic rings. The van der Waals surface area contributed by atoms with Crippen LogP contribution in [-0.2, 0) is 22.4 Å². The Morgan fingerprint density at radius 2 is 1.66 bits per heavy atom. The van der Waals surface area contributed by atoms with E-state index in [1.165, 1.54) is 17.5 Å². The van der Waals surface area contributed by atoms with Crippen LogP contribution in [0.25, 0.3) is 0 Å². The molecule has 6 nitrogen and oxygen atoms in total. The highest BCUT2D eigenvalue weighted by atomic mass is 35.5. The largest absolute Gasteiger partial charge is 0.480 e. The fourth-order valence-electron chi connectivity index (χ4n) is 3.41. The number of rotatable bonds is 14. The number of amides is 1. The Hall–Kier alpha value is -3.00. The third kappa shape index (κ3) is 9.64. The topological polar surface area (TPSA) is 87.7 Å². The van der Waals surface area contributed by atoms with Crippen LogP contribution >= 0.6 is 23.5 Å². The van der Waals surface area contributed by atoms with Crippen LogP contribution in [0.15, 0.2) is 83.8 Å². The van der Waals surface area contributed by atoms with Crippen LogP contribution in [0.1, 0.15) is 24.0 Å². The number of ether oxygens (including phenoxy) is 1. The van der Waals surface area contributed by atoms with E-state index in [9.17, 15) is 9.59 Å². The van der Waals surface area contributed by atoms with Gasteiger partial charge >= 0.3 is 5.97 Å². The molecule has 8 heteroatoms. The molecule has 0 saturated heterocycles. The summed E-state index contributed by atoms with van der Waals surface area (Å²) in [7, 11) is 0. The molecule has 0 bridgehead atoms. The van der Waals surface area contributed by atoms with Gasteiger partial charge in [0.25, 0.3) is 0 Å². The van der Waals surface area contributed by atoms with Crippen molar-refractivity contribution in [2.45, 2.75) is 36.6 Å². The van der Waals surface area contributed by atoms with E-state index < -0.39 is 18.6 Å². The molecule has 3 rings (SSSR count). The van der Waals surface area contributed by atoms with Gasteiger partial charge in [-0.3, -0.25) is 4.79 Å². The molecule has 3 aromatic carbocycles. The van der Waals surface area contributed by atoms with Crippen LogP contribution in [0, 0.1) is 0 Å². The van der Waals surface area contributed by atoms with Crippen molar-refractivity contribution >= 4 is 35.4 Å². The second kappa shape index (κ2) is 14.4. The lowest BCUT2D eigenvalue weighted by Crippen LogP contribution is -2.43. The predicted octanol–water partition coefficient (Wildman–Crippen LogP) is 5.15. The summed E-state index contributed by atoms with van der Waals surface area (Å²) in [5, 5.41) is 12.1. The molecule has 0 aromatic heterocycles. The summed E-state index contributed by atoms with van der Waals surface area (Å²) in [5.74, 6) is -0.868. The molecule has 184 valence electrons. The smallest absolute Gasteiger partial charge is 0.341 e. The summed E-state index contributed by atoms with van der Waals surface area (Å²) in [6, 6.07) is 24.7. The highest BCUT2D eigenvalue weighted by molar-refractivity contribution is 7.97. The summed E-state index contributed by atoms with van der Waals surface area (Å²) >= 11 is 7.68. The molecule has 0 unspecified atom stereocenters. The van der Waals surface area contributed by atoms with Gasteiger partial charge in [-0.25, -0.2) is 9.52 Å². The van der Waals surface area contributed by atoms with E-state index in [1.807, 2.05) is 48.5 Å². The second-order valence-corrected chi connectivity index (χ2v) is 9.29. The summed E-state index contributed by atoms with van der Waals surface area (Å²) in [6.45, 7) is 0.131. The molecule has 0 radical (unpaired) electrons. The first-order chi connectivity index (χ1) is 17.0. The maximum atomic E-state index is 13.0. The van der Waals surface area contributed by atoms with E-state index >= 15 is 0 Å². The van der Waals surface area contributed by atoms with E-state index in [2.05, 4.69) is 22.2 Å². The minimum atomic E-state index is -1.08. The maximum absolute atomic E-state index is 13.0. The zero-order valence-corrected chi connectivity index (χ0v) is 20.9. The number of carboxylic acid groups (broad SMARTS) is 1. The van der Waals surface area contributed by atoms with E-state index in [0.717, 1.165) is 29.7 Å². The van der Waals surface area contributed by atoms with Crippen molar-refractivity contribution in [3.8, 4) is 5.75 Å². The Morgan fingerprint density at radius 3 is 2.34 bits per heavy atom. The average Bonchev–Trinajstić information content (AvgIpc) is 2.87. The van der Waals surface area contributed by atoms with Gasteiger partial charge in [-0.05, 0) is 73.0 Å². The first-order valence-corrected chi connectivity index (χ1v) is 12.6. The van der Waals surface area contributed by atoms with Crippen molar-refractivity contribution in [2.24, 2.45) is 0 Å². The molecule has 0 heterocycles. The molecular formula is C27H29ClN2O4S. The Morgan fingerprint density at radius 1 is 0.943 bits per heavy atom. The number of nitrogens with one attached hydrogen (secondary N) is 2. The molecule has 3 aromatic rings. The lowest BCUT2D eigenvalue weighted by Gasteiger charge is -2.19. The van der Waals surface area contributed by atoms with Gasteiger partial charge in [-0.2, -0.15) is 0 Å². The van der Waals surface area contributed by atoms with Gasteiger partial charge < -0.3 is 15.2 Å². The summed E-state index contributed by atoms with van der Waals surface area (Å²) in [5.41, 5.74) is 2.13. The van der Waals surface area contributed by atoms with Crippen molar-refractivity contribution in [1.29, 1.82) is 0 Å². The maximum Gasteiger partial charge on any atom is 0.341 e. The van der Waals surface area contributed by atoms with Crippen LogP contribution in [0.2, 0.25) is 5.02 Å². The van der Waals surface area contributed by atoms with Gasteiger partial charge in [0.05, 0.1) is 5.02 Å². The summed E-state index contributed by atoms with van der Waals surface area (Å²) in [6.07, 6.45) is 3.28. The Bertz CT molecular complexity index is 1080. The standard InChI is InChI=1S/C27H29ClN2O4S/c28-23-17-21(14-15-25(23)34-19-26(31)32)18-24(30-35-22-12-5-2-6-13-22)27(33)29-16-8-7-11-20-9-3-1-4-10-20/h1-6,9-10,12-15,17,24,30H,7-8,11,16,18-19H2,(H,29,33)(H,31,32)/t24-/m0/s1. The van der Waals surface area contributed by atoms with E-state index in [0.29, 0.717) is 23.7 Å². The molecule has 0 saturated carbocycles. The fraction of sp³-hybridized carbons (Fsp3) is 0.259. The first kappa shape index (κ1) is 26.6. The molecule has 1 atom stereocenters. The molecule has 0 aliphatic carbocycles. The highest BCUT2D eigenvalue weighted by Crippen LogP contribution is 2.26. The first-order valence-electron chi connectivity index (χ1n) is 11.4. The number of hydrogen-bond acceptors (Lipinski definition) is 5. The normalized spacial score (nSPS) is 11.6. The number of aliphatic carboxylic acids is 1. The monoisotopic (exact) mass is 512 g/mol. The van der Waals surface area contributed by atoms with Crippen molar-refractivity contribution in [3.63, 3.8) is 0 Å². The van der Waals surface area contributed by atoms with Crippen LogP contribution in [0.5, 0.6) is 5.75 Å². The summed E-state index contributed by atoms with van der Waals surface area (Å²) in [4.78, 5) is 24.8. The van der Waals surface area contributed by atoms with E-state index in [4.69, 9.17) is 21.4 Å². The van der Waals surface area contributed by atoms with Gasteiger partial charge in [0.15, 0.2) is 6.61 Å². The van der Waals surface area contributed by atoms with E-state index in [1.54, 1.807) is 18.2 Å². The third-order valence-corrected chi connectivity index (χ3v) is 6.41. The number of carboxylic acids is 1. The fourth-order valence-corrected chi connectivity index (χ4v) is 4.43. The highest BCUT2D eigenvalue weighted by Gasteiger charge is 2.19. The second-order valence-electron chi connectivity index (χ2n) is 7.97. The quantitative estimate of drug-likeness (QED) is 0.204. The lowest BCUT2D eigenvalue weighted by atomic mass is 10.1. The molecular weight excluding hydrogens is 484 g/mol. The number of benzene rings is 3. The van der Waals surface area contributed by atoms with Crippen LogP contribution in [0.3, 0.4) is 0 Å². The molecule has 3 N–H and O–H groups in total. The molecule has 35 heavy (non-hydrogen) atoms. The Balaban J connectivity index is 1.56. The van der Waals surface area contributed by atoms with Crippen molar-refractivity contribution < 1.29 is 19.4 Å². The van der Waals surface area contributed by atoms with Crippen LogP contribution < -0.4 is 14.8 Å². The van der Waals surface area contributed by atoms with Gasteiger partial charge in [0, 0.05) is 11.4 Å². The minimum absolute atomic E-state index is 0.0875. The average molecular weight is 513 g/mol.